The van der Waals surface area contributed by atoms with Crippen LogP contribution in [0.15, 0.2) is 0 Å². The van der Waals surface area contributed by atoms with E-state index in [1.54, 1.807) is 6.92 Å². The van der Waals surface area contributed by atoms with Crippen LogP contribution in [0, 0.1) is 5.41 Å². The van der Waals surface area contributed by atoms with Crippen molar-refractivity contribution in [2.45, 2.75) is 63.6 Å². The van der Waals surface area contributed by atoms with Crippen molar-refractivity contribution in [3.63, 3.8) is 0 Å². The summed E-state index contributed by atoms with van der Waals surface area (Å²) in [5, 5.41) is 12.2. The lowest BCUT2D eigenvalue weighted by atomic mass is 9.67. The first-order valence-electron chi connectivity index (χ1n) is 6.74. The molecule has 0 aromatic rings. The van der Waals surface area contributed by atoms with Crippen molar-refractivity contribution >= 4 is 11.8 Å². The van der Waals surface area contributed by atoms with E-state index in [1.807, 2.05) is 0 Å². The summed E-state index contributed by atoms with van der Waals surface area (Å²) in [6, 6.07) is -1.51. The summed E-state index contributed by atoms with van der Waals surface area (Å²) in [5.74, 6) is -0.902. The average Bonchev–Trinajstić information content (AvgIpc) is 2.68. The molecule has 5 heteroatoms. The minimum Gasteiger partial charge on any atom is -0.480 e. The molecule has 0 amide bonds. The molecule has 2 aliphatic rings. The summed E-state index contributed by atoms with van der Waals surface area (Å²) in [7, 11) is 0. The summed E-state index contributed by atoms with van der Waals surface area (Å²) in [6.45, 7) is 1.68. The maximum absolute atomic E-state index is 12.2. The van der Waals surface area contributed by atoms with Gasteiger partial charge in [-0.15, -0.1) is 0 Å². The third-order valence-electron chi connectivity index (χ3n) is 4.47. The van der Waals surface area contributed by atoms with Gasteiger partial charge in [-0.3, -0.25) is 14.9 Å². The summed E-state index contributed by atoms with van der Waals surface area (Å²) in [6.07, 6.45) is 5.78. The average molecular weight is 254 g/mol. The van der Waals surface area contributed by atoms with Gasteiger partial charge >= 0.3 is 5.97 Å². The molecular weight excluding hydrogens is 232 g/mol. The van der Waals surface area contributed by atoms with Gasteiger partial charge in [0.15, 0.2) is 5.78 Å². The number of ketones is 1. The Morgan fingerprint density at radius 1 is 1.33 bits per heavy atom. The van der Waals surface area contributed by atoms with Crippen LogP contribution in [0.2, 0.25) is 0 Å². The molecule has 1 aliphatic carbocycles. The van der Waals surface area contributed by atoms with Gasteiger partial charge in [0.1, 0.15) is 6.04 Å². The second kappa shape index (κ2) is 4.97. The van der Waals surface area contributed by atoms with Gasteiger partial charge in [0, 0.05) is 0 Å². The lowest BCUT2D eigenvalue weighted by Crippen LogP contribution is -2.51. The van der Waals surface area contributed by atoms with E-state index in [-0.39, 0.29) is 17.2 Å². The van der Waals surface area contributed by atoms with Crippen molar-refractivity contribution in [1.82, 2.24) is 5.32 Å². The Morgan fingerprint density at radius 3 is 2.44 bits per heavy atom. The second-order valence-electron chi connectivity index (χ2n) is 5.81. The molecule has 1 heterocycles. The zero-order valence-electron chi connectivity index (χ0n) is 10.8. The van der Waals surface area contributed by atoms with Crippen molar-refractivity contribution in [3.05, 3.63) is 0 Å². The van der Waals surface area contributed by atoms with Crippen LogP contribution in [-0.2, 0) is 9.59 Å². The summed E-state index contributed by atoms with van der Waals surface area (Å²) in [4.78, 5) is 23.4. The lowest BCUT2D eigenvalue weighted by Gasteiger charge is -2.38. The number of Topliss-reactive ketones (excluding diaryl/α,β-unsaturated/α-hetero) is 1. The molecule has 102 valence electrons. The Labute approximate surface area is 107 Å². The van der Waals surface area contributed by atoms with Crippen LogP contribution in [0.25, 0.3) is 0 Å². The number of nitrogens with two attached hydrogens (primary N) is 1. The topological polar surface area (TPSA) is 92.4 Å². The van der Waals surface area contributed by atoms with Gasteiger partial charge in [-0.25, -0.2) is 0 Å². The molecule has 2 fully saturated rings. The Balaban J connectivity index is 2.23. The Kier molecular flexibility index (Phi) is 3.73. The molecule has 1 aliphatic heterocycles. The molecule has 1 saturated carbocycles. The van der Waals surface area contributed by atoms with Crippen LogP contribution >= 0.6 is 0 Å². The number of aliphatic carboxylic acids is 1. The van der Waals surface area contributed by atoms with Crippen molar-refractivity contribution < 1.29 is 14.7 Å². The molecule has 1 spiro atoms. The molecule has 18 heavy (non-hydrogen) atoms. The highest BCUT2D eigenvalue weighted by molar-refractivity contribution is 5.91. The molecule has 0 aromatic carbocycles. The molecule has 0 radical (unpaired) electrons. The third kappa shape index (κ3) is 2.29. The van der Waals surface area contributed by atoms with Gasteiger partial charge in [-0.05, 0) is 31.6 Å². The maximum Gasteiger partial charge on any atom is 0.320 e. The number of carbonyl (C=O) groups is 2. The third-order valence-corrected chi connectivity index (χ3v) is 4.47. The molecule has 0 bridgehead atoms. The first kappa shape index (κ1) is 13.5. The fourth-order valence-corrected chi connectivity index (χ4v) is 3.52. The first-order valence-corrected chi connectivity index (χ1v) is 6.74. The molecule has 4 N–H and O–H groups in total. The van der Waals surface area contributed by atoms with Gasteiger partial charge in [0.05, 0.1) is 12.1 Å². The Hall–Kier alpha value is -0.940. The highest BCUT2D eigenvalue weighted by Gasteiger charge is 2.52. The number of hydrogen-bond acceptors (Lipinski definition) is 4. The SMILES string of the molecule is C[C@H](N)C(=O)C1NC(C(=O)O)CC12CCCCC2. The van der Waals surface area contributed by atoms with Gasteiger partial charge in [0.25, 0.3) is 0 Å². The number of carboxylic acid groups (broad SMARTS) is 1. The van der Waals surface area contributed by atoms with E-state index in [9.17, 15) is 9.59 Å². The van der Waals surface area contributed by atoms with E-state index in [4.69, 9.17) is 10.8 Å². The first-order chi connectivity index (χ1) is 8.46. The number of nitrogens with one attached hydrogen (secondary N) is 1. The minimum absolute atomic E-state index is 0.0411. The van der Waals surface area contributed by atoms with E-state index < -0.39 is 18.1 Å². The molecular formula is C13H22N2O3. The van der Waals surface area contributed by atoms with Crippen molar-refractivity contribution in [1.29, 1.82) is 0 Å². The lowest BCUT2D eigenvalue weighted by molar-refractivity contribution is -0.139. The van der Waals surface area contributed by atoms with E-state index >= 15 is 0 Å². The Morgan fingerprint density at radius 2 is 1.94 bits per heavy atom. The van der Waals surface area contributed by atoms with E-state index in [0.29, 0.717) is 6.42 Å². The van der Waals surface area contributed by atoms with Gasteiger partial charge in [0.2, 0.25) is 0 Å². The molecule has 2 unspecified atom stereocenters. The quantitative estimate of drug-likeness (QED) is 0.688. The smallest absolute Gasteiger partial charge is 0.320 e. The van der Waals surface area contributed by atoms with Crippen LogP contribution in [0.4, 0.5) is 0 Å². The van der Waals surface area contributed by atoms with Crippen molar-refractivity contribution in [2.75, 3.05) is 0 Å². The zero-order valence-corrected chi connectivity index (χ0v) is 10.8. The highest BCUT2D eigenvalue weighted by Crippen LogP contribution is 2.47. The monoisotopic (exact) mass is 254 g/mol. The fourth-order valence-electron chi connectivity index (χ4n) is 3.52. The number of carbonyl (C=O) groups excluding carboxylic acids is 1. The Bertz CT molecular complexity index is 348. The number of rotatable bonds is 3. The second-order valence-corrected chi connectivity index (χ2v) is 5.81. The largest absolute Gasteiger partial charge is 0.480 e. The molecule has 5 nitrogen and oxygen atoms in total. The normalized spacial score (nSPS) is 32.3. The van der Waals surface area contributed by atoms with Gasteiger partial charge in [-0.1, -0.05) is 19.3 Å². The van der Waals surface area contributed by atoms with Crippen LogP contribution in [0.3, 0.4) is 0 Å². The molecule has 1 saturated heterocycles. The summed E-state index contributed by atoms with van der Waals surface area (Å²) < 4.78 is 0. The summed E-state index contributed by atoms with van der Waals surface area (Å²) in [5.41, 5.74) is 5.52. The van der Waals surface area contributed by atoms with E-state index in [2.05, 4.69) is 5.32 Å². The van der Waals surface area contributed by atoms with Crippen molar-refractivity contribution in [3.8, 4) is 0 Å². The number of carboxylic acids is 1. The highest BCUT2D eigenvalue weighted by atomic mass is 16.4. The van der Waals surface area contributed by atoms with Crippen LogP contribution in [-0.4, -0.2) is 35.0 Å². The minimum atomic E-state index is -0.861. The maximum atomic E-state index is 12.2. The van der Waals surface area contributed by atoms with Crippen LogP contribution in [0.5, 0.6) is 0 Å². The van der Waals surface area contributed by atoms with Crippen molar-refractivity contribution in [2.24, 2.45) is 11.1 Å². The predicted molar refractivity (Wildman–Crippen MR) is 67.1 cm³/mol. The van der Waals surface area contributed by atoms with E-state index in [1.165, 1.54) is 6.42 Å². The molecule has 0 aromatic heterocycles. The molecule has 2 rings (SSSR count). The molecule has 3 atom stereocenters. The van der Waals surface area contributed by atoms with E-state index in [0.717, 1.165) is 25.7 Å². The van der Waals surface area contributed by atoms with Crippen LogP contribution < -0.4 is 11.1 Å². The summed E-state index contributed by atoms with van der Waals surface area (Å²) >= 11 is 0. The van der Waals surface area contributed by atoms with Gasteiger partial charge < -0.3 is 10.8 Å². The van der Waals surface area contributed by atoms with Crippen LogP contribution in [0.1, 0.15) is 45.4 Å². The number of hydrogen-bond donors (Lipinski definition) is 3. The van der Waals surface area contributed by atoms with Gasteiger partial charge in [-0.2, -0.15) is 0 Å². The predicted octanol–water partition coefficient (Wildman–Crippen LogP) is 0.668. The fraction of sp³-hybridized carbons (Fsp3) is 0.846. The standard InChI is InChI=1S/C13H22N2O3/c1-8(14)10(16)11-13(5-3-2-4-6-13)7-9(15-11)12(17)18/h8-9,11,15H,2-7,14H2,1H3,(H,17,18)/t8-,9?,11?/m0/s1. The zero-order chi connectivity index (χ0) is 13.3.